The minimum Gasteiger partial charge on any atom is -0.319 e. The van der Waals surface area contributed by atoms with E-state index in [0.717, 1.165) is 28.6 Å². The van der Waals surface area contributed by atoms with Gasteiger partial charge in [0.2, 0.25) is 0 Å². The molecule has 106 valence electrons. The van der Waals surface area contributed by atoms with Gasteiger partial charge in [-0.2, -0.15) is 0 Å². The molecule has 3 heteroatoms. The summed E-state index contributed by atoms with van der Waals surface area (Å²) >= 11 is 3.46. The second-order valence-corrected chi connectivity index (χ2v) is 6.00. The third-order valence-corrected chi connectivity index (χ3v) is 4.10. The minimum absolute atomic E-state index is 0.162. The summed E-state index contributed by atoms with van der Waals surface area (Å²) in [5, 5.41) is 3.23. The maximum absolute atomic E-state index is 13.4. The van der Waals surface area contributed by atoms with Gasteiger partial charge in [0.25, 0.3) is 0 Å². The van der Waals surface area contributed by atoms with Gasteiger partial charge in [0, 0.05) is 16.9 Å². The Morgan fingerprint density at radius 3 is 2.50 bits per heavy atom. The molecule has 0 heterocycles. The van der Waals surface area contributed by atoms with Crippen LogP contribution in [0.25, 0.3) is 0 Å². The van der Waals surface area contributed by atoms with E-state index in [2.05, 4.69) is 45.5 Å². The fraction of sp³-hybridized carbons (Fsp3) is 0.294. The molecule has 0 aliphatic carbocycles. The smallest absolute Gasteiger partial charge is 0.123 e. The van der Waals surface area contributed by atoms with Crippen LogP contribution in [0.2, 0.25) is 0 Å². The van der Waals surface area contributed by atoms with E-state index in [-0.39, 0.29) is 5.82 Å². The van der Waals surface area contributed by atoms with E-state index >= 15 is 0 Å². The molecule has 2 rings (SSSR count). The Hall–Kier alpha value is -1.19. The minimum atomic E-state index is -0.162. The van der Waals surface area contributed by atoms with Crippen LogP contribution in [0.4, 0.5) is 4.39 Å². The van der Waals surface area contributed by atoms with Crippen LogP contribution in [0.5, 0.6) is 0 Å². The second kappa shape index (κ2) is 7.00. The number of halogens is 2. The number of hydrogen-bond acceptors (Lipinski definition) is 1. The van der Waals surface area contributed by atoms with Gasteiger partial charge >= 0.3 is 0 Å². The van der Waals surface area contributed by atoms with Crippen LogP contribution in [0.3, 0.4) is 0 Å². The van der Waals surface area contributed by atoms with Gasteiger partial charge < -0.3 is 5.32 Å². The normalized spacial score (nSPS) is 12.4. The first-order chi connectivity index (χ1) is 9.60. The summed E-state index contributed by atoms with van der Waals surface area (Å²) in [6.45, 7) is 2.91. The predicted octanol–water partition coefficient (Wildman–Crippen LogP) is 4.44. The standard InChI is InChI=1S/C17H19BrFN/c1-12-3-8-17(19)10-14(12)9-15(11-20-2)13-4-6-16(18)7-5-13/h3-8,10,15,20H,9,11H2,1-2H3. The number of nitrogens with one attached hydrogen (secondary N) is 1. The number of benzene rings is 2. The summed E-state index contributed by atoms with van der Waals surface area (Å²) in [7, 11) is 1.95. The van der Waals surface area contributed by atoms with Gasteiger partial charge in [-0.15, -0.1) is 0 Å². The van der Waals surface area contributed by atoms with Crippen molar-refractivity contribution in [1.29, 1.82) is 0 Å². The first-order valence-corrected chi connectivity index (χ1v) is 7.54. The van der Waals surface area contributed by atoms with E-state index in [1.54, 1.807) is 6.07 Å². The molecule has 2 aromatic carbocycles. The van der Waals surface area contributed by atoms with E-state index in [1.165, 1.54) is 11.6 Å². The summed E-state index contributed by atoms with van der Waals surface area (Å²) < 4.78 is 14.5. The average Bonchev–Trinajstić information content (AvgIpc) is 2.43. The van der Waals surface area contributed by atoms with E-state index in [4.69, 9.17) is 0 Å². The highest BCUT2D eigenvalue weighted by atomic mass is 79.9. The van der Waals surface area contributed by atoms with Gasteiger partial charge in [-0.05, 0) is 61.3 Å². The summed E-state index contributed by atoms with van der Waals surface area (Å²) in [5.41, 5.74) is 3.49. The zero-order valence-corrected chi connectivity index (χ0v) is 13.4. The average molecular weight is 336 g/mol. The van der Waals surface area contributed by atoms with Crippen molar-refractivity contribution in [2.24, 2.45) is 0 Å². The first-order valence-electron chi connectivity index (χ1n) is 6.75. The van der Waals surface area contributed by atoms with Crippen LogP contribution in [-0.4, -0.2) is 13.6 Å². The van der Waals surface area contributed by atoms with Crippen molar-refractivity contribution < 1.29 is 4.39 Å². The van der Waals surface area contributed by atoms with Crippen LogP contribution >= 0.6 is 15.9 Å². The number of aryl methyl sites for hydroxylation is 1. The van der Waals surface area contributed by atoms with Gasteiger partial charge in [0.15, 0.2) is 0 Å². The maximum atomic E-state index is 13.4. The lowest BCUT2D eigenvalue weighted by molar-refractivity contribution is 0.606. The van der Waals surface area contributed by atoms with E-state index < -0.39 is 0 Å². The molecule has 0 amide bonds. The number of hydrogen-bond donors (Lipinski definition) is 1. The van der Waals surface area contributed by atoms with Crippen molar-refractivity contribution in [1.82, 2.24) is 5.32 Å². The molecule has 0 fully saturated rings. The Labute approximate surface area is 128 Å². The molecule has 0 saturated heterocycles. The molecule has 1 atom stereocenters. The Morgan fingerprint density at radius 1 is 1.15 bits per heavy atom. The number of likely N-dealkylation sites (N-methyl/N-ethyl adjacent to an activating group) is 1. The van der Waals surface area contributed by atoms with Crippen molar-refractivity contribution in [3.05, 3.63) is 69.4 Å². The molecule has 1 nitrogen and oxygen atoms in total. The van der Waals surface area contributed by atoms with Crippen LogP contribution < -0.4 is 5.32 Å². The topological polar surface area (TPSA) is 12.0 Å². The summed E-state index contributed by atoms with van der Waals surface area (Å²) in [6.07, 6.45) is 0.839. The molecular formula is C17H19BrFN. The van der Waals surface area contributed by atoms with E-state index in [0.29, 0.717) is 5.92 Å². The van der Waals surface area contributed by atoms with E-state index in [1.807, 2.05) is 20.0 Å². The second-order valence-electron chi connectivity index (χ2n) is 5.08. The molecule has 0 aromatic heterocycles. The molecule has 20 heavy (non-hydrogen) atoms. The lowest BCUT2D eigenvalue weighted by atomic mass is 9.90. The zero-order chi connectivity index (χ0) is 14.5. The molecule has 2 aromatic rings. The highest BCUT2D eigenvalue weighted by Crippen LogP contribution is 2.24. The Balaban J connectivity index is 2.25. The SMILES string of the molecule is CNCC(Cc1cc(F)ccc1C)c1ccc(Br)cc1. The molecule has 0 saturated carbocycles. The third-order valence-electron chi connectivity index (χ3n) is 3.57. The van der Waals surface area contributed by atoms with Crippen molar-refractivity contribution in [2.45, 2.75) is 19.3 Å². The van der Waals surface area contributed by atoms with E-state index in [9.17, 15) is 4.39 Å². The van der Waals surface area contributed by atoms with Crippen molar-refractivity contribution >= 4 is 15.9 Å². The fourth-order valence-electron chi connectivity index (χ4n) is 2.41. The van der Waals surface area contributed by atoms with Crippen molar-refractivity contribution in [2.75, 3.05) is 13.6 Å². The Bertz CT molecular complexity index is 566. The van der Waals surface area contributed by atoms with Gasteiger partial charge in [0.05, 0.1) is 0 Å². The molecule has 1 N–H and O–H groups in total. The Kier molecular flexibility index (Phi) is 5.32. The van der Waals surface area contributed by atoms with Gasteiger partial charge in [0.1, 0.15) is 5.82 Å². The highest BCUT2D eigenvalue weighted by molar-refractivity contribution is 9.10. The monoisotopic (exact) mass is 335 g/mol. The summed E-state index contributed by atoms with van der Waals surface area (Å²) in [5.74, 6) is 0.179. The summed E-state index contributed by atoms with van der Waals surface area (Å²) in [6, 6.07) is 13.4. The molecule has 0 aliphatic rings. The van der Waals surface area contributed by atoms with Crippen molar-refractivity contribution in [3.8, 4) is 0 Å². The molecule has 0 radical (unpaired) electrons. The quantitative estimate of drug-likeness (QED) is 0.851. The van der Waals surface area contributed by atoms with Crippen LogP contribution in [0, 0.1) is 12.7 Å². The molecule has 0 aliphatic heterocycles. The Morgan fingerprint density at radius 2 is 1.85 bits per heavy atom. The molecule has 0 bridgehead atoms. The lowest BCUT2D eigenvalue weighted by Gasteiger charge is -2.18. The molecule has 1 unspecified atom stereocenters. The maximum Gasteiger partial charge on any atom is 0.123 e. The van der Waals surface area contributed by atoms with Gasteiger partial charge in [-0.1, -0.05) is 34.1 Å². The van der Waals surface area contributed by atoms with Crippen LogP contribution in [0.15, 0.2) is 46.9 Å². The third kappa shape index (κ3) is 3.90. The highest BCUT2D eigenvalue weighted by Gasteiger charge is 2.13. The molecule has 0 spiro atoms. The van der Waals surface area contributed by atoms with Crippen LogP contribution in [-0.2, 0) is 6.42 Å². The summed E-state index contributed by atoms with van der Waals surface area (Å²) in [4.78, 5) is 0. The largest absolute Gasteiger partial charge is 0.319 e. The number of rotatable bonds is 5. The van der Waals surface area contributed by atoms with Gasteiger partial charge in [-0.3, -0.25) is 0 Å². The molecular weight excluding hydrogens is 317 g/mol. The van der Waals surface area contributed by atoms with Gasteiger partial charge in [-0.25, -0.2) is 4.39 Å². The zero-order valence-electron chi connectivity index (χ0n) is 11.8. The fourth-order valence-corrected chi connectivity index (χ4v) is 2.68. The lowest BCUT2D eigenvalue weighted by Crippen LogP contribution is -2.19. The van der Waals surface area contributed by atoms with Crippen LogP contribution in [0.1, 0.15) is 22.6 Å². The predicted molar refractivity (Wildman–Crippen MR) is 85.7 cm³/mol. The first kappa shape index (κ1) is 15.2. The van der Waals surface area contributed by atoms with Crippen molar-refractivity contribution in [3.63, 3.8) is 0 Å².